The predicted molar refractivity (Wildman–Crippen MR) is 120 cm³/mol. The van der Waals surface area contributed by atoms with Gasteiger partial charge in [-0.25, -0.2) is 9.18 Å². The predicted octanol–water partition coefficient (Wildman–Crippen LogP) is 2.98. The Morgan fingerprint density at radius 1 is 1.12 bits per heavy atom. The largest absolute Gasteiger partial charge is 0.334 e. The topological polar surface area (TPSA) is 121 Å². The Hall–Kier alpha value is -4.15. The second kappa shape index (κ2) is 8.53. The molecule has 0 aliphatic carbocycles. The van der Waals surface area contributed by atoms with Gasteiger partial charge in [-0.15, -0.1) is 4.59 Å². The normalized spacial score (nSPS) is 18.8. The molecule has 0 saturated heterocycles. The van der Waals surface area contributed by atoms with Crippen LogP contribution in [0.25, 0.3) is 0 Å². The molecule has 10 heteroatoms. The maximum Gasteiger partial charge on any atom is 0.333 e. The minimum Gasteiger partial charge on any atom is -0.334 e. The van der Waals surface area contributed by atoms with Crippen LogP contribution in [0.4, 0.5) is 20.6 Å². The number of aliphatic imine (C=N–C) groups is 2. The van der Waals surface area contributed by atoms with E-state index < -0.39 is 17.8 Å². The smallest absolute Gasteiger partial charge is 0.333 e. The van der Waals surface area contributed by atoms with Crippen molar-refractivity contribution in [2.24, 2.45) is 15.8 Å². The number of anilines is 2. The summed E-state index contributed by atoms with van der Waals surface area (Å²) in [6.45, 7) is 1.94. The fourth-order valence-electron chi connectivity index (χ4n) is 3.35. The summed E-state index contributed by atoms with van der Waals surface area (Å²) in [4.78, 5) is 33.3. The molecule has 0 bridgehead atoms. The number of hydrogen-bond acceptors (Lipinski definition) is 5. The van der Waals surface area contributed by atoms with Crippen LogP contribution in [-0.2, 0) is 11.3 Å². The van der Waals surface area contributed by atoms with Crippen molar-refractivity contribution < 1.29 is 18.6 Å². The third-order valence-electron chi connectivity index (χ3n) is 4.94. The molecule has 2 heterocycles. The second-order valence-corrected chi connectivity index (χ2v) is 7.20. The van der Waals surface area contributed by atoms with E-state index in [-0.39, 0.29) is 22.7 Å². The first-order valence-corrected chi connectivity index (χ1v) is 9.75. The molecule has 0 fully saturated rings. The van der Waals surface area contributed by atoms with E-state index in [1.54, 1.807) is 49.7 Å². The fraction of sp³-hybridized carbons (Fsp3) is 0.0909. The SMILES string of the molecule is CC1=C2C=NC=C[N+]2(N)C(C(=O)Nc2cccc(CNC(=O)Nc3ccccc3F)c2)=N1. The van der Waals surface area contributed by atoms with Crippen LogP contribution in [0.15, 0.2) is 82.3 Å². The Kier molecular flexibility index (Phi) is 5.63. The number of nitrogens with two attached hydrogens (primary N) is 1. The van der Waals surface area contributed by atoms with E-state index in [1.807, 2.05) is 0 Å². The van der Waals surface area contributed by atoms with Crippen LogP contribution in [0, 0.1) is 5.82 Å². The van der Waals surface area contributed by atoms with Gasteiger partial charge in [0.25, 0.3) is 0 Å². The summed E-state index contributed by atoms with van der Waals surface area (Å²) >= 11 is 0. The van der Waals surface area contributed by atoms with E-state index in [0.717, 1.165) is 5.56 Å². The molecule has 9 nitrogen and oxygen atoms in total. The van der Waals surface area contributed by atoms with Gasteiger partial charge in [0.2, 0.25) is 5.70 Å². The van der Waals surface area contributed by atoms with E-state index in [0.29, 0.717) is 17.1 Å². The number of benzene rings is 2. The Balaban J connectivity index is 1.38. The molecule has 32 heavy (non-hydrogen) atoms. The average Bonchev–Trinajstić information content (AvgIpc) is 3.05. The summed E-state index contributed by atoms with van der Waals surface area (Å²) in [6, 6.07) is 12.3. The molecular formula is C22H21FN7O2+. The molecule has 0 radical (unpaired) electrons. The number of amides is 3. The van der Waals surface area contributed by atoms with E-state index in [1.165, 1.54) is 24.4 Å². The zero-order chi connectivity index (χ0) is 22.7. The van der Waals surface area contributed by atoms with E-state index in [9.17, 15) is 14.0 Å². The van der Waals surface area contributed by atoms with Crippen molar-refractivity contribution in [2.45, 2.75) is 13.5 Å². The summed E-state index contributed by atoms with van der Waals surface area (Å²) in [5.41, 5.74) is 2.57. The van der Waals surface area contributed by atoms with Crippen LogP contribution in [0.2, 0.25) is 0 Å². The first-order chi connectivity index (χ1) is 15.4. The minimum absolute atomic E-state index is 0.0854. The van der Waals surface area contributed by atoms with Crippen molar-refractivity contribution in [2.75, 3.05) is 10.6 Å². The molecule has 0 aromatic heterocycles. The number of hydrogen-bond donors (Lipinski definition) is 4. The molecule has 2 aliphatic rings. The number of carbonyl (C=O) groups excluding carboxylic acids is 2. The lowest BCUT2D eigenvalue weighted by Crippen LogP contribution is -2.56. The lowest BCUT2D eigenvalue weighted by molar-refractivity contribution is -0.749. The highest BCUT2D eigenvalue weighted by molar-refractivity contribution is 6.40. The molecule has 4 rings (SSSR count). The Morgan fingerprint density at radius 3 is 2.75 bits per heavy atom. The molecule has 2 aromatic carbocycles. The summed E-state index contributed by atoms with van der Waals surface area (Å²) in [7, 11) is 0. The second-order valence-electron chi connectivity index (χ2n) is 7.20. The quantitative estimate of drug-likeness (QED) is 0.428. The van der Waals surface area contributed by atoms with Gasteiger partial charge in [0.05, 0.1) is 18.1 Å². The number of halogens is 1. The molecule has 0 spiro atoms. The number of carbonyl (C=O) groups is 2. The molecule has 0 saturated carbocycles. The lowest BCUT2D eigenvalue weighted by Gasteiger charge is -2.25. The van der Waals surface area contributed by atoms with Gasteiger partial charge in [-0.2, -0.15) is 10.8 Å². The Labute approximate surface area is 183 Å². The van der Waals surface area contributed by atoms with Crippen molar-refractivity contribution in [3.05, 3.63) is 83.7 Å². The zero-order valence-electron chi connectivity index (χ0n) is 17.2. The molecule has 1 unspecified atom stereocenters. The van der Waals surface area contributed by atoms with Crippen LogP contribution in [0.3, 0.4) is 0 Å². The molecule has 3 amide bonds. The van der Waals surface area contributed by atoms with Gasteiger partial charge >= 0.3 is 17.8 Å². The fourth-order valence-corrected chi connectivity index (χ4v) is 3.35. The number of para-hydroxylation sites is 1. The van der Waals surface area contributed by atoms with Crippen molar-refractivity contribution in [1.29, 1.82) is 0 Å². The number of nitrogens with zero attached hydrogens (tertiary/aromatic N) is 3. The van der Waals surface area contributed by atoms with Crippen molar-refractivity contribution >= 4 is 35.4 Å². The monoisotopic (exact) mass is 434 g/mol. The Bertz CT molecular complexity index is 1220. The summed E-state index contributed by atoms with van der Waals surface area (Å²) in [5.74, 6) is 5.51. The number of quaternary nitrogens is 1. The highest BCUT2D eigenvalue weighted by Gasteiger charge is 2.45. The first kappa shape index (κ1) is 21.1. The number of nitrogens with one attached hydrogen (secondary N) is 3. The average molecular weight is 434 g/mol. The van der Waals surface area contributed by atoms with E-state index in [2.05, 4.69) is 25.9 Å². The first-order valence-electron chi connectivity index (χ1n) is 9.75. The number of rotatable bonds is 5. The van der Waals surface area contributed by atoms with Gasteiger partial charge in [-0.3, -0.25) is 9.79 Å². The van der Waals surface area contributed by atoms with Gasteiger partial charge < -0.3 is 16.0 Å². The van der Waals surface area contributed by atoms with Gasteiger partial charge in [-0.1, -0.05) is 24.3 Å². The van der Waals surface area contributed by atoms with Gasteiger partial charge in [0.1, 0.15) is 17.7 Å². The maximum atomic E-state index is 13.7. The number of amidine groups is 1. The minimum atomic E-state index is -0.549. The maximum absolute atomic E-state index is 13.7. The number of allylic oxidation sites excluding steroid dienone is 2. The van der Waals surface area contributed by atoms with Gasteiger partial charge in [0.15, 0.2) is 0 Å². The molecule has 2 aliphatic heterocycles. The van der Waals surface area contributed by atoms with Crippen LogP contribution in [0.5, 0.6) is 0 Å². The molecule has 1 atom stereocenters. The van der Waals surface area contributed by atoms with Crippen molar-refractivity contribution in [3.63, 3.8) is 0 Å². The highest BCUT2D eigenvalue weighted by Crippen LogP contribution is 2.28. The van der Waals surface area contributed by atoms with Crippen LogP contribution >= 0.6 is 0 Å². The van der Waals surface area contributed by atoms with Crippen molar-refractivity contribution in [3.8, 4) is 0 Å². The van der Waals surface area contributed by atoms with E-state index in [4.69, 9.17) is 5.84 Å². The van der Waals surface area contributed by atoms with Crippen LogP contribution < -0.4 is 21.8 Å². The van der Waals surface area contributed by atoms with Crippen molar-refractivity contribution in [1.82, 2.24) is 5.32 Å². The molecular weight excluding hydrogens is 413 g/mol. The Morgan fingerprint density at radius 2 is 1.94 bits per heavy atom. The summed E-state index contributed by atoms with van der Waals surface area (Å²) < 4.78 is 13.3. The van der Waals surface area contributed by atoms with Gasteiger partial charge in [0, 0.05) is 12.2 Å². The zero-order valence-corrected chi connectivity index (χ0v) is 17.2. The third-order valence-corrected chi connectivity index (χ3v) is 4.94. The molecule has 5 N–H and O–H groups in total. The summed E-state index contributed by atoms with van der Waals surface area (Å²) in [6.07, 6.45) is 4.68. The highest BCUT2D eigenvalue weighted by atomic mass is 19.1. The number of fused-ring (bicyclic) bond motifs is 1. The lowest BCUT2D eigenvalue weighted by atomic mass is 10.2. The van der Waals surface area contributed by atoms with E-state index >= 15 is 0 Å². The molecule has 2 aromatic rings. The number of urea groups is 1. The standard InChI is InChI=1S/C22H20FN7O2/c1-14-19-13-25-9-10-30(19,24)20(27-14)21(31)28-16-6-4-5-15(11-16)12-26-22(32)29-18-8-3-2-7-17(18)23/h2-11,13H,12,24H2,1H3,(H2-,26,28,29,31,32)/p+1. The van der Waals surface area contributed by atoms with Crippen LogP contribution in [-0.4, -0.2) is 28.6 Å². The van der Waals surface area contributed by atoms with Gasteiger partial charge in [-0.05, 0) is 36.8 Å². The van der Waals surface area contributed by atoms with Crippen LogP contribution in [0.1, 0.15) is 12.5 Å². The third kappa shape index (κ3) is 4.17. The molecule has 162 valence electrons. The summed E-state index contributed by atoms with van der Waals surface area (Å²) in [5, 5.41) is 7.89.